The zero-order chi connectivity index (χ0) is 17.6. The van der Waals surface area contributed by atoms with Crippen LogP contribution in [0.4, 0.5) is 0 Å². The van der Waals surface area contributed by atoms with Crippen LogP contribution in [0.1, 0.15) is 46.9 Å². The predicted octanol–water partition coefficient (Wildman–Crippen LogP) is 1.16. The van der Waals surface area contributed by atoms with Crippen LogP contribution in [0.3, 0.4) is 0 Å². The number of phenols is 1. The summed E-state index contributed by atoms with van der Waals surface area (Å²) in [5.74, 6) is -1.62. The second-order valence-electron chi connectivity index (χ2n) is 7.00. The van der Waals surface area contributed by atoms with Gasteiger partial charge in [-0.05, 0) is 12.5 Å². The van der Waals surface area contributed by atoms with E-state index in [0.717, 1.165) is 0 Å². The molecule has 0 bridgehead atoms. The number of phenolic OH excluding ortho intramolecular Hbond substituents is 1. The minimum atomic E-state index is -1.53. The lowest BCUT2D eigenvalue weighted by Gasteiger charge is -2.39. The van der Waals surface area contributed by atoms with Crippen LogP contribution < -0.4 is 0 Å². The number of rotatable bonds is 2. The number of epoxide rings is 1. The van der Waals surface area contributed by atoms with Crippen molar-refractivity contribution in [3.05, 3.63) is 29.3 Å². The molecule has 4 aliphatic rings. The molecule has 3 aliphatic heterocycles. The molecule has 1 aliphatic carbocycles. The van der Waals surface area contributed by atoms with E-state index < -0.39 is 47.0 Å². The fraction of sp³-hybridized carbons (Fsp3) is 0.500. The molecule has 1 N–H and O–H groups in total. The van der Waals surface area contributed by atoms with Gasteiger partial charge in [-0.25, -0.2) is 0 Å². The van der Waals surface area contributed by atoms with Crippen LogP contribution >= 0.6 is 0 Å². The zero-order valence-corrected chi connectivity index (χ0v) is 13.5. The predicted molar refractivity (Wildman–Crippen MR) is 81.4 cm³/mol. The molecule has 7 heteroatoms. The maximum Gasteiger partial charge on any atom is 0.309 e. The number of ether oxygens (including phenoxy) is 3. The molecule has 3 saturated heterocycles. The Kier molecular flexibility index (Phi) is 2.69. The molecule has 130 valence electrons. The smallest absolute Gasteiger partial charge is 0.309 e. The molecule has 3 heterocycles. The third-order valence-corrected chi connectivity index (χ3v) is 5.73. The van der Waals surface area contributed by atoms with Crippen molar-refractivity contribution >= 4 is 17.5 Å². The van der Waals surface area contributed by atoms with E-state index in [1.807, 2.05) is 6.92 Å². The Morgan fingerprint density at radius 2 is 2.00 bits per heavy atom. The summed E-state index contributed by atoms with van der Waals surface area (Å²) in [5, 5.41) is 10.2. The third kappa shape index (κ3) is 1.48. The number of carbonyl (C=O) groups excluding carboxylic acids is 3. The van der Waals surface area contributed by atoms with Crippen molar-refractivity contribution in [2.24, 2.45) is 0 Å². The second kappa shape index (κ2) is 4.47. The summed E-state index contributed by atoms with van der Waals surface area (Å²) in [7, 11) is 0. The number of aromatic hydroxyl groups is 1. The monoisotopic (exact) mass is 344 g/mol. The van der Waals surface area contributed by atoms with E-state index in [0.29, 0.717) is 12.8 Å². The number of esters is 1. The van der Waals surface area contributed by atoms with Crippen molar-refractivity contribution < 1.29 is 33.7 Å². The lowest BCUT2D eigenvalue weighted by molar-refractivity contribution is -0.146. The second-order valence-corrected chi connectivity index (χ2v) is 7.00. The summed E-state index contributed by atoms with van der Waals surface area (Å²) in [6, 6.07) is 4.37. The topological polar surface area (TPSA) is 102 Å². The number of Topliss-reactive ketones (excluding diaryl/α,β-unsaturated/α-hetero) is 2. The number of hydrogen-bond donors (Lipinski definition) is 1. The van der Waals surface area contributed by atoms with Crippen molar-refractivity contribution in [3.63, 3.8) is 0 Å². The van der Waals surface area contributed by atoms with Gasteiger partial charge in [-0.1, -0.05) is 25.5 Å². The lowest BCUT2D eigenvalue weighted by Crippen LogP contribution is -2.63. The molecule has 1 aromatic carbocycles. The quantitative estimate of drug-likeness (QED) is 0.634. The number of hydrogen-bond acceptors (Lipinski definition) is 7. The summed E-state index contributed by atoms with van der Waals surface area (Å²) >= 11 is 0. The SMILES string of the molecule is CCCC1O[C@@H]2CC(=O)O[C@@H]2C23OC12C(=O)c1c(O)cccc1C3=O. The van der Waals surface area contributed by atoms with Crippen molar-refractivity contribution in [3.8, 4) is 5.75 Å². The molecule has 0 radical (unpaired) electrons. The van der Waals surface area contributed by atoms with E-state index in [1.165, 1.54) is 18.2 Å². The molecule has 5 atom stereocenters. The average molecular weight is 344 g/mol. The molecule has 3 fully saturated rings. The number of ketones is 2. The van der Waals surface area contributed by atoms with Crippen LogP contribution in [0.15, 0.2) is 18.2 Å². The van der Waals surface area contributed by atoms with Crippen LogP contribution in [-0.2, 0) is 19.0 Å². The van der Waals surface area contributed by atoms with Crippen molar-refractivity contribution in [1.82, 2.24) is 0 Å². The molecule has 0 saturated carbocycles. The summed E-state index contributed by atoms with van der Waals surface area (Å²) in [4.78, 5) is 38.3. The van der Waals surface area contributed by atoms with Gasteiger partial charge in [0.15, 0.2) is 11.7 Å². The Morgan fingerprint density at radius 1 is 1.20 bits per heavy atom. The van der Waals surface area contributed by atoms with Gasteiger partial charge in [0.1, 0.15) is 11.9 Å². The van der Waals surface area contributed by atoms with Gasteiger partial charge in [-0.2, -0.15) is 0 Å². The van der Waals surface area contributed by atoms with Crippen molar-refractivity contribution in [1.29, 1.82) is 0 Å². The molecular formula is C18H16O7. The molecule has 0 amide bonds. The highest BCUT2D eigenvalue weighted by Crippen LogP contribution is 2.66. The van der Waals surface area contributed by atoms with E-state index in [-0.39, 0.29) is 23.3 Å². The highest BCUT2D eigenvalue weighted by Gasteiger charge is 2.91. The van der Waals surface area contributed by atoms with Gasteiger partial charge < -0.3 is 19.3 Å². The third-order valence-electron chi connectivity index (χ3n) is 5.73. The van der Waals surface area contributed by atoms with Crippen LogP contribution in [0, 0.1) is 0 Å². The molecular weight excluding hydrogens is 328 g/mol. The minimum absolute atomic E-state index is 0.0342. The van der Waals surface area contributed by atoms with Gasteiger partial charge in [0.2, 0.25) is 17.2 Å². The van der Waals surface area contributed by atoms with Crippen LogP contribution in [-0.4, -0.2) is 52.2 Å². The Bertz CT molecular complexity index is 846. The van der Waals surface area contributed by atoms with E-state index in [2.05, 4.69) is 0 Å². The van der Waals surface area contributed by atoms with E-state index in [9.17, 15) is 19.5 Å². The first-order chi connectivity index (χ1) is 12.0. The fourth-order valence-electron chi connectivity index (χ4n) is 4.70. The normalized spacial score (nSPS) is 40.7. The van der Waals surface area contributed by atoms with Crippen LogP contribution in [0.5, 0.6) is 5.75 Å². The first-order valence-corrected chi connectivity index (χ1v) is 8.44. The zero-order valence-electron chi connectivity index (χ0n) is 13.5. The summed E-state index contributed by atoms with van der Waals surface area (Å²) < 4.78 is 17.2. The Hall–Kier alpha value is -2.25. The van der Waals surface area contributed by atoms with Gasteiger partial charge in [-0.15, -0.1) is 0 Å². The Morgan fingerprint density at radius 3 is 2.76 bits per heavy atom. The van der Waals surface area contributed by atoms with Gasteiger partial charge in [0.25, 0.3) is 0 Å². The number of benzene rings is 1. The molecule has 5 rings (SSSR count). The van der Waals surface area contributed by atoms with Crippen molar-refractivity contribution in [2.75, 3.05) is 0 Å². The molecule has 0 aromatic heterocycles. The number of carbonyl (C=O) groups is 3. The van der Waals surface area contributed by atoms with E-state index >= 15 is 0 Å². The average Bonchev–Trinajstić information content (AvgIpc) is 3.18. The van der Waals surface area contributed by atoms with Gasteiger partial charge in [0.05, 0.1) is 18.1 Å². The largest absolute Gasteiger partial charge is 0.507 e. The van der Waals surface area contributed by atoms with E-state index in [4.69, 9.17) is 14.2 Å². The van der Waals surface area contributed by atoms with Gasteiger partial charge in [-0.3, -0.25) is 14.4 Å². The summed E-state index contributed by atoms with van der Waals surface area (Å²) in [5.41, 5.74) is -2.97. The van der Waals surface area contributed by atoms with Crippen LogP contribution in [0.2, 0.25) is 0 Å². The highest BCUT2D eigenvalue weighted by molar-refractivity contribution is 6.27. The fourth-order valence-corrected chi connectivity index (χ4v) is 4.70. The first-order valence-electron chi connectivity index (χ1n) is 8.44. The number of fused-ring (bicyclic) bond motifs is 2. The summed E-state index contributed by atoms with van der Waals surface area (Å²) in [6.07, 6.45) is -0.929. The molecule has 1 aromatic rings. The van der Waals surface area contributed by atoms with E-state index in [1.54, 1.807) is 0 Å². The van der Waals surface area contributed by atoms with Crippen LogP contribution in [0.25, 0.3) is 0 Å². The first kappa shape index (κ1) is 15.0. The van der Waals surface area contributed by atoms with Gasteiger partial charge >= 0.3 is 5.97 Å². The summed E-state index contributed by atoms with van der Waals surface area (Å²) in [6.45, 7) is 1.94. The van der Waals surface area contributed by atoms with Crippen molar-refractivity contribution in [2.45, 2.75) is 55.7 Å². The molecule has 0 spiro atoms. The lowest BCUT2D eigenvalue weighted by atomic mass is 9.66. The Labute approximate surface area is 142 Å². The molecule has 7 nitrogen and oxygen atoms in total. The highest BCUT2D eigenvalue weighted by atomic mass is 16.7. The van der Waals surface area contributed by atoms with Gasteiger partial charge in [0, 0.05) is 5.56 Å². The molecule has 25 heavy (non-hydrogen) atoms. The Balaban J connectivity index is 1.74. The maximum atomic E-state index is 13.3. The maximum absolute atomic E-state index is 13.3. The molecule has 3 unspecified atom stereocenters. The standard InChI is InChI=1S/C18H16O7/c1-2-4-11-17-15(22)13-8(5-3-6-9(13)19)14(21)18(17,25-17)16-10(23-11)7-12(20)24-16/h3,5-6,10-11,16,19H,2,4,7H2,1H3/t10-,11?,16+,17?,18?/m1/s1. The minimum Gasteiger partial charge on any atom is -0.507 e.